The molecule has 1 aromatic rings. The minimum absolute atomic E-state index is 0.225. The van der Waals surface area contributed by atoms with Crippen LogP contribution in [0.3, 0.4) is 0 Å². The summed E-state index contributed by atoms with van der Waals surface area (Å²) in [7, 11) is 0. The van der Waals surface area contributed by atoms with E-state index in [0.717, 1.165) is 17.9 Å². The third kappa shape index (κ3) is 1.82. The molecule has 1 aliphatic heterocycles. The number of ether oxygens (including phenoxy) is 2. The Hall–Kier alpha value is -1.71. The Bertz CT molecular complexity index is 498. The number of amides is 1. The van der Waals surface area contributed by atoms with Crippen LogP contribution in [0.1, 0.15) is 42.7 Å². The van der Waals surface area contributed by atoms with E-state index in [1.807, 2.05) is 6.07 Å². The average molecular weight is 247 g/mol. The molecule has 1 amide bonds. The third-order valence-electron chi connectivity index (χ3n) is 3.80. The summed E-state index contributed by atoms with van der Waals surface area (Å²) < 4.78 is 11.2. The fourth-order valence-corrected chi connectivity index (χ4v) is 3.02. The van der Waals surface area contributed by atoms with Gasteiger partial charge in [-0.2, -0.15) is 0 Å². The van der Waals surface area contributed by atoms with Crippen molar-refractivity contribution < 1.29 is 14.3 Å². The van der Waals surface area contributed by atoms with Crippen LogP contribution in [0.2, 0.25) is 0 Å². The number of hydrogen-bond acceptors (Lipinski definition) is 3. The van der Waals surface area contributed by atoms with Gasteiger partial charge in [0.25, 0.3) is 0 Å². The number of rotatable bonds is 2. The van der Waals surface area contributed by atoms with Gasteiger partial charge in [-0.1, -0.05) is 6.92 Å². The van der Waals surface area contributed by atoms with E-state index in [4.69, 9.17) is 15.2 Å². The van der Waals surface area contributed by atoms with Crippen LogP contribution >= 0.6 is 0 Å². The van der Waals surface area contributed by atoms with Crippen molar-refractivity contribution in [3.05, 3.63) is 23.3 Å². The van der Waals surface area contributed by atoms with Crippen molar-refractivity contribution in [2.24, 2.45) is 5.73 Å². The van der Waals surface area contributed by atoms with Crippen LogP contribution in [-0.2, 0) is 4.79 Å². The molecule has 2 unspecified atom stereocenters. The maximum atomic E-state index is 11.1. The predicted octanol–water partition coefficient (Wildman–Crippen LogP) is 1.92. The largest absolute Gasteiger partial charge is 0.486 e. The molecule has 0 aromatic heterocycles. The fraction of sp³-hybridized carbons (Fsp3) is 0.500. The maximum absolute atomic E-state index is 11.1. The second kappa shape index (κ2) is 4.19. The van der Waals surface area contributed by atoms with Gasteiger partial charge in [0.05, 0.1) is 0 Å². The highest BCUT2D eigenvalue weighted by molar-refractivity contribution is 5.75. The molecule has 4 heteroatoms. The molecule has 0 radical (unpaired) electrons. The molecular formula is C14H17NO3. The molecular weight excluding hydrogens is 230 g/mol. The van der Waals surface area contributed by atoms with Gasteiger partial charge in [-0.3, -0.25) is 4.79 Å². The minimum atomic E-state index is -0.241. The van der Waals surface area contributed by atoms with E-state index in [9.17, 15) is 4.79 Å². The summed E-state index contributed by atoms with van der Waals surface area (Å²) in [5.41, 5.74) is 7.79. The second-order valence-corrected chi connectivity index (χ2v) is 5.13. The molecule has 1 heterocycles. The van der Waals surface area contributed by atoms with Gasteiger partial charge in [0.15, 0.2) is 11.5 Å². The second-order valence-electron chi connectivity index (χ2n) is 5.13. The van der Waals surface area contributed by atoms with Gasteiger partial charge in [0.1, 0.15) is 13.2 Å². The number of primary amides is 1. The molecule has 0 spiro atoms. The monoisotopic (exact) mass is 247 g/mol. The molecule has 96 valence electrons. The lowest BCUT2D eigenvalue weighted by molar-refractivity contribution is -0.118. The Morgan fingerprint density at radius 2 is 1.89 bits per heavy atom. The van der Waals surface area contributed by atoms with Gasteiger partial charge in [-0.25, -0.2) is 0 Å². The summed E-state index contributed by atoms with van der Waals surface area (Å²) in [5, 5.41) is 0. The molecule has 4 nitrogen and oxygen atoms in total. The molecule has 2 N–H and O–H groups in total. The first-order valence-corrected chi connectivity index (χ1v) is 6.37. The van der Waals surface area contributed by atoms with Gasteiger partial charge < -0.3 is 15.2 Å². The van der Waals surface area contributed by atoms with Gasteiger partial charge in [-0.05, 0) is 41.5 Å². The Morgan fingerprint density at radius 1 is 1.28 bits per heavy atom. The Morgan fingerprint density at radius 3 is 2.50 bits per heavy atom. The first-order valence-electron chi connectivity index (χ1n) is 6.37. The lowest BCUT2D eigenvalue weighted by atomic mass is 9.97. The average Bonchev–Trinajstić information content (AvgIpc) is 2.63. The molecule has 0 fully saturated rings. The number of nitrogens with two attached hydrogens (primary N) is 1. The van der Waals surface area contributed by atoms with E-state index < -0.39 is 0 Å². The van der Waals surface area contributed by atoms with Crippen molar-refractivity contribution in [1.82, 2.24) is 0 Å². The van der Waals surface area contributed by atoms with E-state index in [0.29, 0.717) is 25.6 Å². The van der Waals surface area contributed by atoms with E-state index in [1.165, 1.54) is 11.1 Å². The van der Waals surface area contributed by atoms with Gasteiger partial charge >= 0.3 is 0 Å². The smallest absolute Gasteiger partial charge is 0.218 e. The van der Waals surface area contributed by atoms with E-state index in [-0.39, 0.29) is 11.8 Å². The Kier molecular flexibility index (Phi) is 2.65. The number of hydrogen-bond donors (Lipinski definition) is 1. The number of carbonyl (C=O) groups is 1. The van der Waals surface area contributed by atoms with Crippen LogP contribution in [0.4, 0.5) is 0 Å². The molecule has 2 aliphatic rings. The summed E-state index contributed by atoms with van der Waals surface area (Å²) in [6, 6.07) is 4.09. The topological polar surface area (TPSA) is 61.6 Å². The molecule has 0 saturated heterocycles. The lowest BCUT2D eigenvalue weighted by Gasteiger charge is -2.20. The van der Waals surface area contributed by atoms with Crippen LogP contribution in [-0.4, -0.2) is 19.1 Å². The molecule has 18 heavy (non-hydrogen) atoms. The summed E-state index contributed by atoms with van der Waals surface area (Å²) >= 11 is 0. The van der Waals surface area contributed by atoms with E-state index in [2.05, 4.69) is 13.0 Å². The van der Waals surface area contributed by atoms with Crippen molar-refractivity contribution in [3.8, 4) is 11.5 Å². The number of benzene rings is 1. The van der Waals surface area contributed by atoms with Crippen molar-refractivity contribution in [3.63, 3.8) is 0 Å². The van der Waals surface area contributed by atoms with Crippen LogP contribution in [0.15, 0.2) is 12.1 Å². The highest BCUT2D eigenvalue weighted by Crippen LogP contribution is 2.47. The van der Waals surface area contributed by atoms with Crippen molar-refractivity contribution >= 4 is 5.91 Å². The van der Waals surface area contributed by atoms with Crippen molar-refractivity contribution in [2.75, 3.05) is 13.2 Å². The highest BCUT2D eigenvalue weighted by Gasteiger charge is 2.31. The quantitative estimate of drug-likeness (QED) is 0.868. The summed E-state index contributed by atoms with van der Waals surface area (Å²) in [6.45, 7) is 3.36. The van der Waals surface area contributed by atoms with E-state index in [1.54, 1.807) is 0 Å². The molecule has 0 bridgehead atoms. The van der Waals surface area contributed by atoms with Crippen molar-refractivity contribution in [1.29, 1.82) is 0 Å². The minimum Gasteiger partial charge on any atom is -0.486 e. The SMILES string of the molecule is CC1CC(CC(N)=O)c2cc3c(cc21)OCCO3. The summed E-state index contributed by atoms with van der Waals surface area (Å²) in [4.78, 5) is 11.1. The van der Waals surface area contributed by atoms with Gasteiger partial charge in [-0.15, -0.1) is 0 Å². The summed E-state index contributed by atoms with van der Waals surface area (Å²) in [5.74, 6) is 2.05. The molecule has 1 aromatic carbocycles. The zero-order valence-electron chi connectivity index (χ0n) is 10.4. The molecule has 0 saturated carbocycles. The van der Waals surface area contributed by atoms with Crippen LogP contribution in [0.5, 0.6) is 11.5 Å². The predicted molar refractivity (Wildman–Crippen MR) is 67.0 cm³/mol. The van der Waals surface area contributed by atoms with Crippen LogP contribution in [0, 0.1) is 0 Å². The maximum Gasteiger partial charge on any atom is 0.218 e. The highest BCUT2D eigenvalue weighted by atomic mass is 16.6. The van der Waals surface area contributed by atoms with Gasteiger partial charge in [0, 0.05) is 6.42 Å². The molecule has 3 rings (SSSR count). The molecule has 1 aliphatic carbocycles. The van der Waals surface area contributed by atoms with E-state index >= 15 is 0 Å². The van der Waals surface area contributed by atoms with Crippen LogP contribution < -0.4 is 15.2 Å². The normalized spacial score (nSPS) is 24.7. The zero-order chi connectivity index (χ0) is 12.7. The lowest BCUT2D eigenvalue weighted by Crippen LogP contribution is -2.16. The number of fused-ring (bicyclic) bond motifs is 2. The van der Waals surface area contributed by atoms with Crippen molar-refractivity contribution in [2.45, 2.75) is 31.6 Å². The fourth-order valence-electron chi connectivity index (χ4n) is 3.02. The third-order valence-corrected chi connectivity index (χ3v) is 3.80. The number of carbonyl (C=O) groups excluding carboxylic acids is 1. The first-order chi connectivity index (χ1) is 8.65. The standard InChI is InChI=1S/C14H17NO3/c1-8-4-9(5-14(15)16)11-7-13-12(6-10(8)11)17-2-3-18-13/h6-9H,2-5H2,1H3,(H2,15,16). The molecule has 2 atom stereocenters. The van der Waals surface area contributed by atoms with Gasteiger partial charge in [0.2, 0.25) is 5.91 Å². The first kappa shape index (κ1) is 11.4. The zero-order valence-corrected chi connectivity index (χ0v) is 10.4. The Labute approximate surface area is 106 Å². The van der Waals surface area contributed by atoms with Crippen LogP contribution in [0.25, 0.3) is 0 Å². The summed E-state index contributed by atoms with van der Waals surface area (Å²) in [6.07, 6.45) is 1.39. The Balaban J connectivity index is 2.00.